The standard InChI is InChI=1S/C35H43N4.Mn/c1-9-20-22(11-3)30-18-32-24(13-5)26(15-7)34(38-32)35-27(16-8)25(14-6)33(39-35)19-31-23(12-4)21(10-2)29(37-31)17-28(20)36-30;/h17-19H,9-16H2,1-8H3;/q-3;+3. The normalized spacial score (nSPS) is 12.5. The molecule has 210 valence electrons. The van der Waals surface area contributed by atoms with Gasteiger partial charge in [0, 0.05) is 0 Å². The zero-order valence-electron chi connectivity index (χ0n) is 25.6. The van der Waals surface area contributed by atoms with Crippen molar-refractivity contribution in [3.63, 3.8) is 0 Å². The van der Waals surface area contributed by atoms with Crippen molar-refractivity contribution in [1.82, 2.24) is 19.9 Å². The second kappa shape index (κ2) is 12.4. The van der Waals surface area contributed by atoms with Crippen LogP contribution >= 0.6 is 0 Å². The van der Waals surface area contributed by atoms with Crippen LogP contribution in [0.1, 0.15) is 113 Å². The van der Waals surface area contributed by atoms with Crippen molar-refractivity contribution in [1.29, 1.82) is 0 Å². The fourth-order valence-electron chi connectivity index (χ4n) is 6.88. The van der Waals surface area contributed by atoms with Crippen molar-refractivity contribution in [2.24, 2.45) is 0 Å². The molecule has 0 saturated heterocycles. The van der Waals surface area contributed by atoms with Gasteiger partial charge in [-0.05, 0) is 62.5 Å². The molecule has 0 fully saturated rings. The second-order valence-electron chi connectivity index (χ2n) is 10.5. The molecule has 1 aliphatic heterocycles. The van der Waals surface area contributed by atoms with Gasteiger partial charge < -0.3 is 15.0 Å². The molecule has 4 nitrogen and oxygen atoms in total. The molecular formula is C35H43MnN4. The van der Waals surface area contributed by atoms with Crippen molar-refractivity contribution in [2.45, 2.75) is 107 Å². The first-order chi connectivity index (χ1) is 19.0. The number of fused-ring (bicyclic) bond motifs is 9. The molecule has 1 aliphatic rings. The molecule has 40 heavy (non-hydrogen) atoms. The van der Waals surface area contributed by atoms with Gasteiger partial charge in [-0.25, -0.2) is 4.98 Å². The number of nitrogens with zero attached hydrogens (tertiary/aromatic N) is 4. The number of hydrogen-bond donors (Lipinski definition) is 0. The van der Waals surface area contributed by atoms with Crippen molar-refractivity contribution in [2.75, 3.05) is 0 Å². The van der Waals surface area contributed by atoms with Crippen LogP contribution in [0.3, 0.4) is 0 Å². The van der Waals surface area contributed by atoms with Crippen LogP contribution in [0.4, 0.5) is 0 Å². The molecule has 0 N–H and O–H groups in total. The number of allylic oxidation sites excluding steroid dienone is 2. The minimum Gasteiger partial charge on any atom is -0.658 e. The fourth-order valence-corrected chi connectivity index (χ4v) is 6.88. The zero-order valence-corrected chi connectivity index (χ0v) is 26.7. The molecule has 0 amide bonds. The van der Waals surface area contributed by atoms with Crippen LogP contribution in [0.5, 0.6) is 0 Å². The van der Waals surface area contributed by atoms with Crippen molar-refractivity contribution < 1.29 is 17.1 Å². The molecule has 8 bridgehead atoms. The van der Waals surface area contributed by atoms with E-state index < -0.39 is 0 Å². The van der Waals surface area contributed by atoms with E-state index in [4.69, 9.17) is 19.9 Å². The quantitative estimate of drug-likeness (QED) is 0.198. The summed E-state index contributed by atoms with van der Waals surface area (Å²) < 4.78 is 0. The predicted molar refractivity (Wildman–Crippen MR) is 167 cm³/mol. The SMILES string of the molecule is CCC1=C(CC)c2cc3[n-]c(c(CC)c3CC)c3[n-]c(cc4[n-]c(cc1n2)c(CC)c4CC)c(CC)c3CC.[Mn+3]. The number of hydrogen-bond acceptors (Lipinski definition) is 1. The topological polar surface area (TPSA) is 55.2 Å². The smallest absolute Gasteiger partial charge is 0.658 e. The summed E-state index contributed by atoms with van der Waals surface area (Å²) in [6.07, 6.45) is 7.59. The van der Waals surface area contributed by atoms with Crippen LogP contribution in [0.15, 0.2) is 18.2 Å². The molecule has 0 radical (unpaired) electrons. The van der Waals surface area contributed by atoms with Gasteiger partial charge in [-0.2, -0.15) is 0 Å². The Balaban J connectivity index is 0.00000370. The van der Waals surface area contributed by atoms with Gasteiger partial charge in [0.1, 0.15) is 0 Å². The molecule has 0 aromatic carbocycles. The van der Waals surface area contributed by atoms with E-state index in [2.05, 4.69) is 73.6 Å². The minimum absolute atomic E-state index is 0. The van der Waals surface area contributed by atoms with Gasteiger partial charge in [0.25, 0.3) is 0 Å². The van der Waals surface area contributed by atoms with Crippen LogP contribution in [-0.4, -0.2) is 4.98 Å². The molecule has 4 aromatic heterocycles. The molecule has 0 atom stereocenters. The third kappa shape index (κ3) is 4.76. The number of aromatic nitrogens is 4. The van der Waals surface area contributed by atoms with Crippen LogP contribution < -0.4 is 15.0 Å². The first kappa shape index (κ1) is 30.2. The largest absolute Gasteiger partial charge is 3.00 e. The predicted octanol–water partition coefficient (Wildman–Crippen LogP) is 8.52. The Morgan fingerprint density at radius 1 is 0.425 bits per heavy atom. The van der Waals surface area contributed by atoms with E-state index in [-0.39, 0.29) is 17.1 Å². The van der Waals surface area contributed by atoms with Gasteiger partial charge in [0.05, 0.1) is 11.4 Å². The van der Waals surface area contributed by atoms with Crippen LogP contribution in [0, 0.1) is 0 Å². The van der Waals surface area contributed by atoms with Crippen LogP contribution in [0.25, 0.3) is 44.2 Å². The summed E-state index contributed by atoms with van der Waals surface area (Å²) in [5, 5.41) is 0. The summed E-state index contributed by atoms with van der Waals surface area (Å²) in [4.78, 5) is 21.2. The summed E-state index contributed by atoms with van der Waals surface area (Å²) in [7, 11) is 0. The molecule has 5 heterocycles. The zero-order chi connectivity index (χ0) is 27.8. The van der Waals surface area contributed by atoms with Crippen LogP contribution in [-0.2, 0) is 55.6 Å². The second-order valence-corrected chi connectivity index (χ2v) is 10.5. The van der Waals surface area contributed by atoms with Gasteiger partial charge in [0.2, 0.25) is 0 Å². The van der Waals surface area contributed by atoms with Gasteiger partial charge in [-0.1, -0.05) is 107 Å². The summed E-state index contributed by atoms with van der Waals surface area (Å²) in [6, 6.07) is 6.75. The van der Waals surface area contributed by atoms with E-state index in [0.29, 0.717) is 0 Å². The van der Waals surface area contributed by atoms with E-state index in [1.807, 2.05) is 0 Å². The van der Waals surface area contributed by atoms with E-state index in [9.17, 15) is 0 Å². The van der Waals surface area contributed by atoms with E-state index >= 15 is 0 Å². The molecule has 5 heteroatoms. The molecule has 4 aromatic rings. The molecule has 5 rings (SSSR count). The van der Waals surface area contributed by atoms with Gasteiger partial charge in [0.15, 0.2) is 0 Å². The monoisotopic (exact) mass is 574 g/mol. The van der Waals surface area contributed by atoms with Crippen molar-refractivity contribution in [3.8, 4) is 0 Å². The van der Waals surface area contributed by atoms with E-state index in [1.54, 1.807) is 0 Å². The maximum absolute atomic E-state index is 5.33. The molecule has 0 spiro atoms. The Bertz CT molecular complexity index is 1690. The van der Waals surface area contributed by atoms with E-state index in [1.165, 1.54) is 44.5 Å². The Morgan fingerprint density at radius 3 is 1.12 bits per heavy atom. The average molecular weight is 575 g/mol. The van der Waals surface area contributed by atoms with E-state index in [0.717, 1.165) is 95.9 Å². The molecule has 0 unspecified atom stereocenters. The first-order valence-corrected chi connectivity index (χ1v) is 15.3. The summed E-state index contributed by atoms with van der Waals surface area (Å²) in [5.41, 5.74) is 19.2. The number of aryl methyl sites for hydroxylation is 6. The first-order valence-electron chi connectivity index (χ1n) is 15.3. The summed E-state index contributed by atoms with van der Waals surface area (Å²) >= 11 is 0. The minimum atomic E-state index is 0. The van der Waals surface area contributed by atoms with Crippen molar-refractivity contribution in [3.05, 3.63) is 63.0 Å². The van der Waals surface area contributed by atoms with Gasteiger partial charge >= 0.3 is 17.1 Å². The Hall–Kier alpha value is -2.75. The molecule has 0 aliphatic carbocycles. The maximum Gasteiger partial charge on any atom is 3.00 e. The summed E-state index contributed by atoms with van der Waals surface area (Å²) in [5.74, 6) is 0. The Morgan fingerprint density at radius 2 is 0.750 bits per heavy atom. The van der Waals surface area contributed by atoms with Crippen molar-refractivity contribution >= 4 is 44.2 Å². The number of rotatable bonds is 8. The van der Waals surface area contributed by atoms with Gasteiger partial charge in [-0.15, -0.1) is 33.1 Å². The summed E-state index contributed by atoms with van der Waals surface area (Å²) in [6.45, 7) is 18.0. The fraction of sp³-hybridized carbons (Fsp3) is 0.457. The Labute approximate surface area is 250 Å². The average Bonchev–Trinajstić information content (AvgIpc) is 3.67. The third-order valence-electron chi connectivity index (χ3n) is 8.70. The molecular weight excluding hydrogens is 531 g/mol. The molecule has 0 saturated carbocycles. The van der Waals surface area contributed by atoms with Gasteiger partial charge in [-0.3, -0.25) is 0 Å². The third-order valence-corrected chi connectivity index (χ3v) is 8.70. The van der Waals surface area contributed by atoms with Crippen LogP contribution in [0.2, 0.25) is 0 Å². The Kier molecular flexibility index (Phi) is 9.37. The maximum atomic E-state index is 5.33.